The highest BCUT2D eigenvalue weighted by Gasteiger charge is 2.27. The topological polar surface area (TPSA) is 60.0 Å². The summed E-state index contributed by atoms with van der Waals surface area (Å²) in [6.07, 6.45) is 1.69. The third-order valence-electron chi connectivity index (χ3n) is 3.80. The summed E-state index contributed by atoms with van der Waals surface area (Å²) < 4.78 is 16.1. The maximum absolute atomic E-state index is 12.2. The van der Waals surface area contributed by atoms with E-state index in [1.165, 1.54) is 0 Å². The van der Waals surface area contributed by atoms with Gasteiger partial charge in [-0.25, -0.2) is 4.79 Å². The number of likely N-dealkylation sites (tertiary alicyclic amines) is 1. The number of hydrogen-bond acceptors (Lipinski definition) is 5. The third kappa shape index (κ3) is 5.22. The summed E-state index contributed by atoms with van der Waals surface area (Å²) in [5, 5.41) is 3.47. The molecule has 1 aliphatic rings. The molecule has 1 saturated heterocycles. The van der Waals surface area contributed by atoms with Gasteiger partial charge >= 0.3 is 6.09 Å². The van der Waals surface area contributed by atoms with Crippen molar-refractivity contribution in [3.8, 4) is 11.5 Å². The Labute approximate surface area is 144 Å². The molecule has 6 nitrogen and oxygen atoms in total. The van der Waals surface area contributed by atoms with Crippen LogP contribution >= 0.6 is 0 Å². The van der Waals surface area contributed by atoms with Crippen LogP contribution in [0.4, 0.5) is 10.5 Å². The first-order valence-corrected chi connectivity index (χ1v) is 8.28. The predicted octanol–water partition coefficient (Wildman–Crippen LogP) is 3.52. The van der Waals surface area contributed by atoms with Crippen LogP contribution in [0.2, 0.25) is 0 Å². The van der Waals surface area contributed by atoms with Gasteiger partial charge in [-0.05, 0) is 33.6 Å². The molecule has 0 bridgehead atoms. The zero-order chi connectivity index (χ0) is 17.7. The Morgan fingerprint density at radius 1 is 1.17 bits per heavy atom. The Bertz CT molecular complexity index is 546. The van der Waals surface area contributed by atoms with Crippen LogP contribution < -0.4 is 14.8 Å². The Balaban J connectivity index is 2.01. The largest absolute Gasteiger partial charge is 0.497 e. The molecule has 1 aromatic rings. The van der Waals surface area contributed by atoms with Crippen molar-refractivity contribution in [2.24, 2.45) is 0 Å². The number of benzene rings is 1. The SMILES string of the molecule is COc1cc(N[C@@H]2CCCN(C(=O)OC(C)(C)C)C2)cc(OC)c1. The number of ether oxygens (including phenoxy) is 3. The Kier molecular flexibility index (Phi) is 5.80. The van der Waals surface area contributed by atoms with Crippen molar-refractivity contribution in [2.75, 3.05) is 32.6 Å². The van der Waals surface area contributed by atoms with Crippen molar-refractivity contribution < 1.29 is 19.0 Å². The third-order valence-corrected chi connectivity index (χ3v) is 3.80. The van der Waals surface area contributed by atoms with Gasteiger partial charge in [0.1, 0.15) is 17.1 Å². The van der Waals surface area contributed by atoms with Gasteiger partial charge in [0, 0.05) is 43.0 Å². The molecule has 0 aromatic heterocycles. The number of carbonyl (C=O) groups is 1. The van der Waals surface area contributed by atoms with E-state index < -0.39 is 5.60 Å². The Morgan fingerprint density at radius 2 is 1.79 bits per heavy atom. The molecular formula is C18H28N2O4. The minimum Gasteiger partial charge on any atom is -0.497 e. The van der Waals surface area contributed by atoms with Crippen molar-refractivity contribution in [1.29, 1.82) is 0 Å². The van der Waals surface area contributed by atoms with Gasteiger partial charge in [-0.3, -0.25) is 0 Å². The first-order valence-electron chi connectivity index (χ1n) is 8.28. The lowest BCUT2D eigenvalue weighted by Gasteiger charge is -2.34. The molecule has 1 aliphatic heterocycles. The molecule has 0 saturated carbocycles. The molecule has 1 aromatic carbocycles. The van der Waals surface area contributed by atoms with E-state index in [0.717, 1.165) is 36.6 Å². The lowest BCUT2D eigenvalue weighted by Crippen LogP contribution is -2.46. The second kappa shape index (κ2) is 7.64. The quantitative estimate of drug-likeness (QED) is 0.912. The van der Waals surface area contributed by atoms with Crippen LogP contribution in [0.25, 0.3) is 0 Å². The molecule has 1 amide bonds. The van der Waals surface area contributed by atoms with Gasteiger partial charge in [0.15, 0.2) is 0 Å². The summed E-state index contributed by atoms with van der Waals surface area (Å²) in [4.78, 5) is 14.0. The van der Waals surface area contributed by atoms with Gasteiger partial charge in [0.2, 0.25) is 0 Å². The lowest BCUT2D eigenvalue weighted by atomic mass is 10.1. The highest BCUT2D eigenvalue weighted by Crippen LogP contribution is 2.27. The molecular weight excluding hydrogens is 308 g/mol. The van der Waals surface area contributed by atoms with E-state index in [0.29, 0.717) is 6.54 Å². The molecule has 6 heteroatoms. The van der Waals surface area contributed by atoms with Gasteiger partial charge in [-0.1, -0.05) is 0 Å². The van der Waals surface area contributed by atoms with Gasteiger partial charge < -0.3 is 24.4 Å². The summed E-state index contributed by atoms with van der Waals surface area (Å²) in [7, 11) is 3.26. The van der Waals surface area contributed by atoms with Crippen molar-refractivity contribution in [2.45, 2.75) is 45.3 Å². The van der Waals surface area contributed by atoms with Crippen LogP contribution in [0.1, 0.15) is 33.6 Å². The van der Waals surface area contributed by atoms with E-state index in [1.54, 1.807) is 19.1 Å². The Morgan fingerprint density at radius 3 is 2.33 bits per heavy atom. The minimum atomic E-state index is -0.475. The fourth-order valence-corrected chi connectivity index (χ4v) is 2.71. The second-order valence-electron chi connectivity index (χ2n) is 7.01. The molecule has 24 heavy (non-hydrogen) atoms. The van der Waals surface area contributed by atoms with E-state index in [4.69, 9.17) is 14.2 Å². The number of hydrogen-bond donors (Lipinski definition) is 1. The normalized spacial score (nSPS) is 18.0. The smallest absolute Gasteiger partial charge is 0.410 e. The van der Waals surface area contributed by atoms with Gasteiger partial charge in [0.05, 0.1) is 14.2 Å². The first kappa shape index (κ1) is 18.2. The number of carbonyl (C=O) groups excluding carboxylic acids is 1. The number of piperidine rings is 1. The molecule has 1 fully saturated rings. The summed E-state index contributed by atoms with van der Waals surface area (Å²) in [6.45, 7) is 7.00. The molecule has 0 radical (unpaired) electrons. The fraction of sp³-hybridized carbons (Fsp3) is 0.611. The van der Waals surface area contributed by atoms with Crippen LogP contribution in [0.3, 0.4) is 0 Å². The molecule has 0 unspecified atom stereocenters. The molecule has 134 valence electrons. The van der Waals surface area contributed by atoms with Gasteiger partial charge in [-0.15, -0.1) is 0 Å². The number of amides is 1. The molecule has 2 rings (SSSR count). The molecule has 0 spiro atoms. The first-order chi connectivity index (χ1) is 11.3. The Hall–Kier alpha value is -2.11. The second-order valence-corrected chi connectivity index (χ2v) is 7.01. The van der Waals surface area contributed by atoms with Crippen LogP contribution in [0.5, 0.6) is 11.5 Å². The summed E-state index contributed by atoms with van der Waals surface area (Å²) >= 11 is 0. The minimum absolute atomic E-state index is 0.170. The molecule has 0 aliphatic carbocycles. The number of nitrogens with zero attached hydrogens (tertiary/aromatic N) is 1. The van der Waals surface area contributed by atoms with Crippen molar-refractivity contribution in [1.82, 2.24) is 4.90 Å². The van der Waals surface area contributed by atoms with Gasteiger partial charge in [-0.2, -0.15) is 0 Å². The molecule has 1 N–H and O–H groups in total. The van der Waals surface area contributed by atoms with Crippen molar-refractivity contribution >= 4 is 11.8 Å². The van der Waals surface area contributed by atoms with Crippen LogP contribution in [-0.4, -0.2) is 49.9 Å². The summed E-state index contributed by atoms with van der Waals surface area (Å²) in [5.41, 5.74) is 0.444. The maximum atomic E-state index is 12.2. The van der Waals surface area contributed by atoms with E-state index in [9.17, 15) is 4.79 Å². The van der Waals surface area contributed by atoms with Gasteiger partial charge in [0.25, 0.3) is 0 Å². The lowest BCUT2D eigenvalue weighted by molar-refractivity contribution is 0.0206. The zero-order valence-electron chi connectivity index (χ0n) is 15.2. The molecule has 1 heterocycles. The number of methoxy groups -OCH3 is 2. The average molecular weight is 336 g/mol. The van der Waals surface area contributed by atoms with E-state index in [2.05, 4.69) is 5.32 Å². The van der Waals surface area contributed by atoms with Crippen molar-refractivity contribution in [3.63, 3.8) is 0 Å². The summed E-state index contributed by atoms with van der Waals surface area (Å²) in [5.74, 6) is 1.47. The number of anilines is 1. The van der Waals surface area contributed by atoms with E-state index in [1.807, 2.05) is 39.0 Å². The molecule has 1 atom stereocenters. The van der Waals surface area contributed by atoms with E-state index >= 15 is 0 Å². The van der Waals surface area contributed by atoms with Crippen LogP contribution in [0, 0.1) is 0 Å². The zero-order valence-corrected chi connectivity index (χ0v) is 15.2. The summed E-state index contributed by atoms with van der Waals surface area (Å²) in [6, 6.07) is 5.85. The fourth-order valence-electron chi connectivity index (χ4n) is 2.71. The number of nitrogens with one attached hydrogen (secondary N) is 1. The highest BCUT2D eigenvalue weighted by atomic mass is 16.6. The van der Waals surface area contributed by atoms with E-state index in [-0.39, 0.29) is 12.1 Å². The average Bonchev–Trinajstić information content (AvgIpc) is 2.53. The predicted molar refractivity (Wildman–Crippen MR) is 94.0 cm³/mol. The van der Waals surface area contributed by atoms with Crippen LogP contribution in [0.15, 0.2) is 18.2 Å². The standard InChI is InChI=1S/C18H28N2O4/c1-18(2,3)24-17(21)20-8-6-7-13(12-20)19-14-9-15(22-4)11-16(10-14)23-5/h9-11,13,19H,6-8,12H2,1-5H3/t13-/m1/s1. The highest BCUT2D eigenvalue weighted by molar-refractivity contribution is 5.68. The monoisotopic (exact) mass is 336 g/mol. The maximum Gasteiger partial charge on any atom is 0.410 e. The van der Waals surface area contributed by atoms with Crippen LogP contribution in [-0.2, 0) is 4.74 Å². The van der Waals surface area contributed by atoms with Crippen molar-refractivity contribution in [3.05, 3.63) is 18.2 Å². The number of rotatable bonds is 4.